The Labute approximate surface area is 892 Å². The molecule has 16 aromatic rings. The molecule has 0 heterocycles. The van der Waals surface area contributed by atoms with Gasteiger partial charge in [-0.3, -0.25) is 0 Å². The first-order valence-corrected chi connectivity index (χ1v) is 54.5. The molecule has 2 heteroatoms. The number of hydrogen-bond acceptors (Lipinski definition) is 2. The van der Waals surface area contributed by atoms with Gasteiger partial charge in [-0.1, -0.05) is 499 Å². The van der Waals surface area contributed by atoms with E-state index in [0.29, 0.717) is 0 Å². The summed E-state index contributed by atoms with van der Waals surface area (Å²) in [6, 6.07) is 129. The molecular formula is C146H166N2. The van der Waals surface area contributed by atoms with Crippen LogP contribution in [0.15, 0.2) is 334 Å². The van der Waals surface area contributed by atoms with Crippen molar-refractivity contribution in [3.8, 4) is 111 Å². The number of fused-ring (bicyclic) bond motifs is 6. The molecule has 0 radical (unpaired) electrons. The largest absolute Gasteiger partial charge is 0.310 e. The highest BCUT2D eigenvalue weighted by Crippen LogP contribution is 2.56. The molecule has 0 unspecified atom stereocenters. The number of hydrogen-bond donors (Lipinski definition) is 0. The van der Waals surface area contributed by atoms with E-state index in [9.17, 15) is 0 Å². The molecule has 2 aliphatic carbocycles. The van der Waals surface area contributed by atoms with Crippen LogP contribution >= 0.6 is 0 Å². The van der Waals surface area contributed by atoms with E-state index < -0.39 is 0 Å². The Morgan fingerprint density at radius 1 is 0.135 bits per heavy atom. The summed E-state index contributed by atoms with van der Waals surface area (Å²) in [7, 11) is 0. The molecule has 0 bridgehead atoms. The summed E-state index contributed by atoms with van der Waals surface area (Å²) in [4.78, 5) is 5.00. The molecule has 0 saturated carbocycles. The number of para-hydroxylation sites is 1. The summed E-state index contributed by atoms with van der Waals surface area (Å²) < 4.78 is 0. The zero-order valence-corrected chi connectivity index (χ0v) is 96.6. The van der Waals surface area contributed by atoms with Crippen molar-refractivity contribution in [1.29, 1.82) is 0 Å². The van der Waals surface area contributed by atoms with Crippen LogP contribution in [0.3, 0.4) is 0 Å². The number of benzene rings is 16. The predicted molar refractivity (Wildman–Crippen MR) is 647 cm³/mol. The Hall–Kier alpha value is -12.9. The van der Waals surface area contributed by atoms with Crippen LogP contribution in [-0.2, 0) is 70.4 Å². The standard InChI is InChI=1S/C75H87N.C71H79N/c1-69(2,3)56-35-50(33-51(36-56)52-34-53(38-57(37-52)70(4,5)6)55-41-60(73(13,14)15)46-61(42-55)74(16,17)18)48-25-23-27-62(43-48)76(64-31-32-66-65-29-21-22-30-67(65)75(19,20)68(66)47-64)63-28-24-26-49(44-63)54-39-58(71(7,8)9)45-59(40-54)72(10,11)12;1-66(2,3)53-31-29-46(30-32-53)60-25-19-21-28-65(60)72(59-33-34-62-61-26-18-20-27-63(61)71(16,17)64(62)45-59)58-24-22-23-47(43-58)48-35-49(38-54(37-48)67(4,5)6)50-36-51(40-55(39-50)68(7,8)9)52-41-56(69(10,11)12)44-57(42-52)70(13,14)15/h21-47H,1-20H3;18-45H,1-17H3. The second-order valence-electron chi connectivity index (χ2n) is 55.6. The maximum atomic E-state index is 2.50. The van der Waals surface area contributed by atoms with Gasteiger partial charge in [0.1, 0.15) is 0 Å². The van der Waals surface area contributed by atoms with Crippen molar-refractivity contribution < 1.29 is 0 Å². The van der Waals surface area contributed by atoms with E-state index in [0.717, 1.165) is 34.1 Å². The molecule has 0 fully saturated rings. The van der Waals surface area contributed by atoms with Gasteiger partial charge in [0.2, 0.25) is 0 Å². The summed E-state index contributed by atoms with van der Waals surface area (Å²) in [6.45, 7) is 86.5. The third-order valence-electron chi connectivity index (χ3n) is 31.7. The fourth-order valence-electron chi connectivity index (χ4n) is 21.6. The quantitative estimate of drug-likeness (QED) is 0.107. The van der Waals surface area contributed by atoms with Gasteiger partial charge < -0.3 is 9.80 Å². The highest BCUT2D eigenvalue weighted by Gasteiger charge is 2.40. The van der Waals surface area contributed by atoms with Crippen LogP contribution in [0.4, 0.5) is 34.1 Å². The van der Waals surface area contributed by atoms with Crippen LogP contribution in [0.1, 0.15) is 340 Å². The average molecular weight is 1950 g/mol. The molecule has 0 aromatic heterocycles. The first kappa shape index (κ1) is 106. The van der Waals surface area contributed by atoms with Crippen molar-refractivity contribution in [1.82, 2.24) is 0 Å². The van der Waals surface area contributed by atoms with Gasteiger partial charge in [0.15, 0.2) is 0 Å². The molecule has 2 nitrogen and oxygen atoms in total. The minimum atomic E-state index is -0.147. The van der Waals surface area contributed by atoms with Crippen LogP contribution in [0.2, 0.25) is 0 Å². The van der Waals surface area contributed by atoms with Crippen molar-refractivity contribution in [2.24, 2.45) is 0 Å². The minimum absolute atomic E-state index is 0.00489. The summed E-state index contributed by atoms with van der Waals surface area (Å²) in [5.41, 5.74) is 51.7. The van der Waals surface area contributed by atoms with Crippen LogP contribution < -0.4 is 9.80 Å². The van der Waals surface area contributed by atoms with Gasteiger partial charge in [0.05, 0.1) is 5.69 Å². The minimum Gasteiger partial charge on any atom is -0.310 e. The first-order valence-electron chi connectivity index (χ1n) is 54.5. The second-order valence-corrected chi connectivity index (χ2v) is 55.6. The topological polar surface area (TPSA) is 6.48 Å². The normalized spacial score (nSPS) is 13.8. The Bertz CT molecular complexity index is 7630. The molecule has 0 saturated heterocycles. The van der Waals surface area contributed by atoms with E-state index in [1.54, 1.807) is 0 Å². The number of rotatable bonds is 14. The summed E-state index contributed by atoms with van der Waals surface area (Å²) >= 11 is 0. The maximum absolute atomic E-state index is 2.50. The lowest BCUT2D eigenvalue weighted by molar-refractivity contribution is 0.568. The fourth-order valence-corrected chi connectivity index (χ4v) is 21.6. The molecule has 16 aromatic carbocycles. The Balaban J connectivity index is 0.000000202. The molecule has 760 valence electrons. The van der Waals surface area contributed by atoms with E-state index in [-0.39, 0.29) is 70.4 Å². The smallest absolute Gasteiger partial charge is 0.0540 e. The second kappa shape index (κ2) is 38.3. The van der Waals surface area contributed by atoms with E-state index in [1.165, 1.54) is 195 Å². The third kappa shape index (κ3) is 22.1. The summed E-state index contributed by atoms with van der Waals surface area (Å²) in [5, 5.41) is 0. The highest BCUT2D eigenvalue weighted by molar-refractivity contribution is 5.94. The lowest BCUT2D eigenvalue weighted by Gasteiger charge is -2.30. The van der Waals surface area contributed by atoms with Gasteiger partial charge in [-0.25, -0.2) is 0 Å². The maximum Gasteiger partial charge on any atom is 0.0540 e. The van der Waals surface area contributed by atoms with Crippen molar-refractivity contribution in [3.05, 3.63) is 417 Å². The predicted octanol–water partition coefficient (Wildman–Crippen LogP) is 42.5. The molecule has 2 aliphatic rings. The molecule has 0 N–H and O–H groups in total. The van der Waals surface area contributed by atoms with Gasteiger partial charge in [-0.05, 0) is 340 Å². The third-order valence-corrected chi connectivity index (χ3v) is 31.7. The highest BCUT2D eigenvalue weighted by atomic mass is 15.2. The van der Waals surface area contributed by atoms with E-state index in [1.807, 2.05) is 0 Å². The van der Waals surface area contributed by atoms with Gasteiger partial charge in [-0.2, -0.15) is 0 Å². The Kier molecular flexibility index (Phi) is 27.5. The molecule has 148 heavy (non-hydrogen) atoms. The van der Waals surface area contributed by atoms with Crippen LogP contribution in [0.5, 0.6) is 0 Å². The zero-order valence-electron chi connectivity index (χ0n) is 96.6. The summed E-state index contributed by atoms with van der Waals surface area (Å²) in [5.74, 6) is 0. The number of anilines is 6. The van der Waals surface area contributed by atoms with Gasteiger partial charge in [-0.15, -0.1) is 0 Å². The van der Waals surface area contributed by atoms with E-state index in [4.69, 9.17) is 0 Å². The van der Waals surface area contributed by atoms with Crippen LogP contribution in [0.25, 0.3) is 111 Å². The van der Waals surface area contributed by atoms with Crippen molar-refractivity contribution in [2.45, 2.75) is 327 Å². The van der Waals surface area contributed by atoms with Gasteiger partial charge in [0.25, 0.3) is 0 Å². The SMILES string of the molecule is CC(C)(C)c1cc(-c2cccc(N(c3cccc(-c4cc(C(C)(C)C)cc(C(C)(C)C)c4)c3)c3ccc4c(c3)C(C)(C)c3ccccc3-4)c2)cc(-c2cc(-c3cc(C(C)(C)C)cc(C(C)(C)C)c3)cc(C(C)(C)C)c2)c1.CC(C)(C)c1ccc(-c2ccccc2N(c2cccc(-c3cc(-c4cc(-c5cc(C(C)(C)C)cc(C(C)(C)C)c5)cc(C(C)(C)C)c4)cc(C(C)(C)C)c3)c2)c2ccc3c(c2)C(C)(C)c2ccccc2-3)cc1. The van der Waals surface area contributed by atoms with Crippen molar-refractivity contribution in [3.63, 3.8) is 0 Å². The van der Waals surface area contributed by atoms with E-state index in [2.05, 4.69) is 600 Å². The van der Waals surface area contributed by atoms with Gasteiger partial charge >= 0.3 is 0 Å². The molecule has 0 spiro atoms. The van der Waals surface area contributed by atoms with Crippen molar-refractivity contribution >= 4 is 34.1 Å². The fraction of sp³-hybridized carbons (Fsp3) is 0.342. The van der Waals surface area contributed by atoms with Gasteiger partial charge in [0, 0.05) is 44.8 Å². The molecular weight excluding hydrogens is 1780 g/mol. The van der Waals surface area contributed by atoms with Crippen LogP contribution in [-0.4, -0.2) is 0 Å². The monoisotopic (exact) mass is 1950 g/mol. The molecule has 0 aliphatic heterocycles. The lowest BCUT2D eigenvalue weighted by atomic mass is 9.77. The average Bonchev–Trinajstić information content (AvgIpc) is 1.57. The molecule has 18 rings (SSSR count). The van der Waals surface area contributed by atoms with E-state index >= 15 is 0 Å². The molecule has 0 atom stereocenters. The lowest BCUT2D eigenvalue weighted by Crippen LogP contribution is -2.17. The Morgan fingerprint density at radius 3 is 0.622 bits per heavy atom. The molecule has 0 amide bonds. The Morgan fingerprint density at radius 2 is 0.345 bits per heavy atom. The summed E-state index contributed by atoms with van der Waals surface area (Å²) in [6.07, 6.45) is 0. The zero-order chi connectivity index (χ0) is 107. The van der Waals surface area contributed by atoms with Crippen LogP contribution in [0, 0.1) is 0 Å². The first-order chi connectivity index (χ1) is 68.7. The number of nitrogens with zero attached hydrogens (tertiary/aromatic N) is 2. The van der Waals surface area contributed by atoms with Crippen molar-refractivity contribution in [2.75, 3.05) is 9.80 Å².